The molecule has 2 atom stereocenters. The van der Waals surface area contributed by atoms with E-state index in [0.29, 0.717) is 24.0 Å². The van der Waals surface area contributed by atoms with Gasteiger partial charge in [-0.1, -0.05) is 64.1 Å². The number of hydrogen-bond acceptors (Lipinski definition) is 4. The van der Waals surface area contributed by atoms with Crippen molar-refractivity contribution < 1.29 is 29.4 Å². The molecule has 0 saturated carbocycles. The number of hydrogen-bond donors (Lipinski definition) is 4. The topological polar surface area (TPSA) is 133 Å². The van der Waals surface area contributed by atoms with Gasteiger partial charge in [0, 0.05) is 11.1 Å². The Morgan fingerprint density at radius 2 is 0.944 bits per heavy atom. The normalized spacial score (nSPS) is 12.9. The first-order valence-electron chi connectivity index (χ1n) is 11.9. The maximum Gasteiger partial charge on any atom is 0.326 e. The number of benzene rings is 2. The number of carbonyl (C=O) groups is 4. The van der Waals surface area contributed by atoms with E-state index in [0.717, 1.165) is 11.1 Å². The molecule has 0 heterocycles. The molecular formula is C28H34N2O6. The number of rotatable bonds is 12. The van der Waals surface area contributed by atoms with E-state index in [1.807, 2.05) is 39.8 Å². The smallest absolute Gasteiger partial charge is 0.326 e. The van der Waals surface area contributed by atoms with Crippen molar-refractivity contribution in [2.24, 2.45) is 11.8 Å². The van der Waals surface area contributed by atoms with Crippen molar-refractivity contribution >= 4 is 35.9 Å². The number of carboxylic acid groups (broad SMARTS) is 2. The third kappa shape index (κ3) is 9.02. The molecule has 4 N–H and O–H groups in total. The fourth-order valence-electron chi connectivity index (χ4n) is 3.55. The van der Waals surface area contributed by atoms with Gasteiger partial charge in [-0.15, -0.1) is 0 Å². The molecule has 0 radical (unpaired) electrons. The number of nitrogens with one attached hydrogen (secondary N) is 2. The molecule has 0 aliphatic rings. The minimum absolute atomic E-state index is 0.133. The standard InChI is InChI=1S/C28H34N2O6/c1-17(2)15-23(27(33)34)29-25(31)21-11-7-19(8-12-21)5-6-20-9-13-22(14-10-20)26(32)30-24(28(35)36)16-18(3)4/h5-14,17-18,23-24H,15-16H2,1-4H3,(H,29,31)(H,30,32)(H,33,34)(H,35,36)/b6-5+/t23-,24-/m0/s1. The second kappa shape index (κ2) is 13.2. The SMILES string of the molecule is CC(C)C[C@H](NC(=O)c1ccc(/C=C/c2ccc(C(=O)N[C@@H](CC(C)C)C(=O)O)cc2)cc1)C(=O)O. The first-order valence-corrected chi connectivity index (χ1v) is 11.9. The summed E-state index contributed by atoms with van der Waals surface area (Å²) < 4.78 is 0. The molecular weight excluding hydrogens is 460 g/mol. The van der Waals surface area contributed by atoms with E-state index in [9.17, 15) is 29.4 Å². The second-order valence-electron chi connectivity index (χ2n) is 9.57. The summed E-state index contributed by atoms with van der Waals surface area (Å²) in [6.07, 6.45) is 4.39. The van der Waals surface area contributed by atoms with E-state index in [4.69, 9.17) is 0 Å². The fraction of sp³-hybridized carbons (Fsp3) is 0.357. The Labute approximate surface area is 211 Å². The number of carboxylic acids is 2. The molecule has 8 nitrogen and oxygen atoms in total. The number of carbonyl (C=O) groups excluding carboxylic acids is 2. The molecule has 0 spiro atoms. The minimum atomic E-state index is -1.06. The monoisotopic (exact) mass is 494 g/mol. The van der Waals surface area contributed by atoms with Crippen LogP contribution in [0, 0.1) is 11.8 Å². The van der Waals surface area contributed by atoms with E-state index in [-0.39, 0.29) is 11.8 Å². The highest BCUT2D eigenvalue weighted by Crippen LogP contribution is 2.13. The molecule has 2 amide bonds. The summed E-state index contributed by atoms with van der Waals surface area (Å²) in [6.45, 7) is 7.59. The van der Waals surface area contributed by atoms with Gasteiger partial charge in [-0.05, 0) is 60.1 Å². The van der Waals surface area contributed by atoms with Crippen LogP contribution < -0.4 is 10.6 Å². The molecule has 0 aliphatic carbocycles. The minimum Gasteiger partial charge on any atom is -0.480 e. The lowest BCUT2D eigenvalue weighted by atomic mass is 10.0. The molecule has 2 aromatic carbocycles. The summed E-state index contributed by atoms with van der Waals surface area (Å²) in [5.41, 5.74) is 2.41. The van der Waals surface area contributed by atoms with E-state index >= 15 is 0 Å². The van der Waals surface area contributed by atoms with Gasteiger partial charge in [0.2, 0.25) is 0 Å². The Morgan fingerprint density at radius 3 is 1.19 bits per heavy atom. The molecule has 0 bridgehead atoms. The molecule has 0 saturated heterocycles. The van der Waals surface area contributed by atoms with Crippen molar-refractivity contribution in [2.45, 2.75) is 52.6 Å². The van der Waals surface area contributed by atoms with E-state index in [2.05, 4.69) is 10.6 Å². The van der Waals surface area contributed by atoms with Crippen LogP contribution >= 0.6 is 0 Å². The van der Waals surface area contributed by atoms with Gasteiger partial charge in [-0.3, -0.25) is 9.59 Å². The van der Waals surface area contributed by atoms with Gasteiger partial charge in [0.1, 0.15) is 12.1 Å². The molecule has 36 heavy (non-hydrogen) atoms. The third-order valence-electron chi connectivity index (χ3n) is 5.44. The summed E-state index contributed by atoms with van der Waals surface area (Å²) in [5, 5.41) is 23.7. The third-order valence-corrected chi connectivity index (χ3v) is 5.44. The van der Waals surface area contributed by atoms with E-state index in [1.54, 1.807) is 48.5 Å². The maximum atomic E-state index is 12.4. The summed E-state index contributed by atoms with van der Waals surface area (Å²) in [5.74, 6) is -2.73. The van der Waals surface area contributed by atoms with E-state index < -0.39 is 35.8 Å². The van der Waals surface area contributed by atoms with Crippen molar-refractivity contribution in [3.05, 3.63) is 70.8 Å². The van der Waals surface area contributed by atoms with Gasteiger partial charge in [-0.2, -0.15) is 0 Å². The van der Waals surface area contributed by atoms with Crippen LogP contribution in [-0.4, -0.2) is 46.0 Å². The molecule has 0 fully saturated rings. The Morgan fingerprint density at radius 1 is 0.639 bits per heavy atom. The Balaban J connectivity index is 2.00. The Hall–Kier alpha value is -3.94. The van der Waals surface area contributed by atoms with Gasteiger partial charge in [0.05, 0.1) is 0 Å². The van der Waals surface area contributed by atoms with Crippen LogP contribution in [0.2, 0.25) is 0 Å². The van der Waals surface area contributed by atoms with Crippen LogP contribution in [0.1, 0.15) is 72.4 Å². The zero-order valence-electron chi connectivity index (χ0n) is 21.0. The van der Waals surface area contributed by atoms with Crippen LogP contribution in [-0.2, 0) is 9.59 Å². The highest BCUT2D eigenvalue weighted by Gasteiger charge is 2.22. The molecule has 8 heteroatoms. The van der Waals surface area contributed by atoms with Gasteiger partial charge in [0.25, 0.3) is 11.8 Å². The van der Waals surface area contributed by atoms with Crippen LogP contribution in [0.5, 0.6) is 0 Å². The number of aliphatic carboxylic acids is 2. The first kappa shape index (κ1) is 28.3. The van der Waals surface area contributed by atoms with E-state index in [1.165, 1.54) is 0 Å². The fourth-order valence-corrected chi connectivity index (χ4v) is 3.55. The van der Waals surface area contributed by atoms with Crippen molar-refractivity contribution in [1.29, 1.82) is 0 Å². The summed E-state index contributed by atoms with van der Waals surface area (Å²) in [4.78, 5) is 47.6. The lowest BCUT2D eigenvalue weighted by Gasteiger charge is -2.16. The quantitative estimate of drug-likeness (QED) is 0.325. The second-order valence-corrected chi connectivity index (χ2v) is 9.57. The highest BCUT2D eigenvalue weighted by atomic mass is 16.4. The lowest BCUT2D eigenvalue weighted by Crippen LogP contribution is -2.41. The van der Waals surface area contributed by atoms with Crippen molar-refractivity contribution in [2.75, 3.05) is 0 Å². The van der Waals surface area contributed by atoms with Crippen LogP contribution in [0.25, 0.3) is 12.2 Å². The van der Waals surface area contributed by atoms with Crippen molar-refractivity contribution in [3.8, 4) is 0 Å². The lowest BCUT2D eigenvalue weighted by molar-refractivity contribution is -0.140. The average molecular weight is 495 g/mol. The molecule has 192 valence electrons. The molecule has 0 aromatic heterocycles. The van der Waals surface area contributed by atoms with Crippen LogP contribution in [0.15, 0.2) is 48.5 Å². The predicted molar refractivity (Wildman–Crippen MR) is 139 cm³/mol. The average Bonchev–Trinajstić information content (AvgIpc) is 2.81. The van der Waals surface area contributed by atoms with Gasteiger partial charge < -0.3 is 20.8 Å². The summed E-state index contributed by atoms with van der Waals surface area (Å²) >= 11 is 0. The molecule has 2 rings (SSSR count). The maximum absolute atomic E-state index is 12.4. The largest absolute Gasteiger partial charge is 0.480 e. The highest BCUT2D eigenvalue weighted by molar-refractivity contribution is 5.97. The predicted octanol–water partition coefficient (Wildman–Crippen LogP) is 4.32. The summed E-state index contributed by atoms with van der Waals surface area (Å²) in [7, 11) is 0. The van der Waals surface area contributed by atoms with Gasteiger partial charge in [0.15, 0.2) is 0 Å². The number of amides is 2. The van der Waals surface area contributed by atoms with Crippen LogP contribution in [0.3, 0.4) is 0 Å². The molecule has 0 unspecified atom stereocenters. The molecule has 0 aliphatic heterocycles. The van der Waals surface area contributed by atoms with Crippen molar-refractivity contribution in [1.82, 2.24) is 10.6 Å². The Bertz CT molecular complexity index is 1000. The van der Waals surface area contributed by atoms with Gasteiger partial charge >= 0.3 is 11.9 Å². The zero-order chi connectivity index (χ0) is 26.8. The van der Waals surface area contributed by atoms with Crippen molar-refractivity contribution in [3.63, 3.8) is 0 Å². The Kier molecular flexibility index (Phi) is 10.4. The van der Waals surface area contributed by atoms with Gasteiger partial charge in [-0.25, -0.2) is 9.59 Å². The van der Waals surface area contributed by atoms with Crippen LogP contribution in [0.4, 0.5) is 0 Å². The zero-order valence-corrected chi connectivity index (χ0v) is 21.0. The summed E-state index contributed by atoms with van der Waals surface area (Å²) in [6, 6.07) is 11.7. The first-order chi connectivity index (χ1) is 17.0. The molecule has 2 aromatic rings.